The van der Waals surface area contributed by atoms with Crippen molar-refractivity contribution < 1.29 is 18.7 Å². The molecule has 184 valence electrons. The van der Waals surface area contributed by atoms with Crippen molar-refractivity contribution in [1.82, 2.24) is 19.8 Å². The Morgan fingerprint density at radius 2 is 1.89 bits per heavy atom. The summed E-state index contributed by atoms with van der Waals surface area (Å²) in [4.78, 5) is 41.1. The molecule has 4 aliphatic heterocycles. The minimum absolute atomic E-state index is 0.00405. The Hall–Kier alpha value is -3.14. The Labute approximate surface area is 207 Å². The Kier molecular flexibility index (Phi) is 5.24. The number of fused-ring (bicyclic) bond motifs is 3. The molecule has 0 spiro atoms. The molecule has 4 fully saturated rings. The van der Waals surface area contributed by atoms with Crippen LogP contribution in [-0.4, -0.2) is 75.6 Å². The molecule has 2 aromatic heterocycles. The van der Waals surface area contributed by atoms with Gasteiger partial charge in [-0.15, -0.1) is 11.3 Å². The molecule has 0 saturated carbocycles. The molecule has 10 heteroatoms. The van der Waals surface area contributed by atoms with Gasteiger partial charge in [-0.25, -0.2) is 9.78 Å². The predicted molar refractivity (Wildman–Crippen MR) is 133 cm³/mol. The molecule has 2 bridgehead atoms. The number of carbonyl (C=O) groups is 2. The standard InChI is InChI=1S/C25H29N5O4S/c1-25(2,3)34-24(32)30-15-12-16(30)14-29(13-15)23-27-19-17(22(31)28-9-4-5-10-28)6-7-18(20(19)33-23)21-26-8-11-35-21/h6-8,11,15-16H,4-5,9-10,12-14H2,1-3H3. The first-order valence-electron chi connectivity index (χ1n) is 12.2. The first-order chi connectivity index (χ1) is 16.8. The zero-order valence-electron chi connectivity index (χ0n) is 20.2. The van der Waals surface area contributed by atoms with Gasteiger partial charge < -0.3 is 19.0 Å². The van der Waals surface area contributed by atoms with Crippen LogP contribution >= 0.6 is 11.3 Å². The summed E-state index contributed by atoms with van der Waals surface area (Å²) in [5.41, 5.74) is 2.04. The number of nitrogens with zero attached hydrogens (tertiary/aromatic N) is 5. The molecular formula is C25H29N5O4S. The number of rotatable bonds is 3. The summed E-state index contributed by atoms with van der Waals surface area (Å²) in [6, 6.07) is 4.37. The highest BCUT2D eigenvalue weighted by Crippen LogP contribution is 2.39. The van der Waals surface area contributed by atoms with Crippen LogP contribution in [0.25, 0.3) is 21.7 Å². The number of piperazine rings is 1. The number of thiazole rings is 1. The zero-order chi connectivity index (χ0) is 24.3. The van der Waals surface area contributed by atoms with Crippen molar-refractivity contribution in [3.8, 4) is 10.6 Å². The molecule has 35 heavy (non-hydrogen) atoms. The van der Waals surface area contributed by atoms with E-state index in [0.717, 1.165) is 42.9 Å². The fraction of sp³-hybridized carbons (Fsp3) is 0.520. The number of amides is 2. The van der Waals surface area contributed by atoms with Crippen LogP contribution in [0.4, 0.5) is 10.8 Å². The summed E-state index contributed by atoms with van der Waals surface area (Å²) >= 11 is 1.52. The molecule has 3 aromatic rings. The maximum Gasteiger partial charge on any atom is 0.410 e. The van der Waals surface area contributed by atoms with Crippen LogP contribution in [0, 0.1) is 0 Å². The maximum absolute atomic E-state index is 13.3. The quantitative estimate of drug-likeness (QED) is 0.532. The first kappa shape index (κ1) is 22.3. The summed E-state index contributed by atoms with van der Waals surface area (Å²) in [6.45, 7) is 8.42. The second kappa shape index (κ2) is 8.22. The molecule has 0 N–H and O–H groups in total. The molecule has 4 aliphatic rings. The SMILES string of the molecule is CC(C)(C)OC(=O)N1C2CC1CN(c1nc3c(C(=O)N4CCCC4)ccc(-c4nccs4)c3o1)C2. The minimum atomic E-state index is -0.522. The zero-order valence-corrected chi connectivity index (χ0v) is 21.0. The van der Waals surface area contributed by atoms with Gasteiger partial charge in [0, 0.05) is 37.8 Å². The van der Waals surface area contributed by atoms with E-state index in [1.807, 2.05) is 48.1 Å². The van der Waals surface area contributed by atoms with Crippen molar-refractivity contribution in [3.05, 3.63) is 29.3 Å². The molecule has 4 saturated heterocycles. The van der Waals surface area contributed by atoms with Gasteiger partial charge in [-0.2, -0.15) is 4.98 Å². The molecule has 6 heterocycles. The second-order valence-electron chi connectivity index (χ2n) is 10.5. The molecule has 0 aliphatic carbocycles. The number of anilines is 1. The van der Waals surface area contributed by atoms with E-state index in [-0.39, 0.29) is 24.1 Å². The summed E-state index contributed by atoms with van der Waals surface area (Å²) in [7, 11) is 0. The van der Waals surface area contributed by atoms with Gasteiger partial charge in [0.15, 0.2) is 5.58 Å². The fourth-order valence-electron chi connectivity index (χ4n) is 5.30. The smallest absolute Gasteiger partial charge is 0.410 e. The number of benzene rings is 1. The molecule has 1 aromatic carbocycles. The van der Waals surface area contributed by atoms with Gasteiger partial charge in [0.25, 0.3) is 11.9 Å². The summed E-state index contributed by atoms with van der Waals surface area (Å²) in [5, 5.41) is 2.75. The topological polar surface area (TPSA) is 92.0 Å². The van der Waals surface area contributed by atoms with Crippen molar-refractivity contribution in [2.24, 2.45) is 0 Å². The van der Waals surface area contributed by atoms with Crippen LogP contribution in [0.2, 0.25) is 0 Å². The summed E-state index contributed by atoms with van der Waals surface area (Å²) < 4.78 is 11.9. The monoisotopic (exact) mass is 495 g/mol. The number of likely N-dealkylation sites (tertiary alicyclic amines) is 1. The normalized spacial score (nSPS) is 22.0. The lowest BCUT2D eigenvalue weighted by atomic mass is 9.88. The summed E-state index contributed by atoms with van der Waals surface area (Å²) in [5.74, 6) is -0.00405. The Morgan fingerprint density at radius 1 is 1.14 bits per heavy atom. The minimum Gasteiger partial charge on any atom is -0.444 e. The molecular weight excluding hydrogens is 466 g/mol. The number of oxazole rings is 1. The molecule has 0 radical (unpaired) electrons. The van der Waals surface area contributed by atoms with E-state index < -0.39 is 5.60 Å². The van der Waals surface area contributed by atoms with Crippen molar-refractivity contribution >= 4 is 40.5 Å². The van der Waals surface area contributed by atoms with Gasteiger partial charge >= 0.3 is 6.09 Å². The van der Waals surface area contributed by atoms with Gasteiger partial charge in [-0.1, -0.05) is 0 Å². The van der Waals surface area contributed by atoms with Crippen LogP contribution < -0.4 is 4.90 Å². The van der Waals surface area contributed by atoms with Gasteiger partial charge in [-0.3, -0.25) is 9.69 Å². The molecule has 2 amide bonds. The molecule has 2 unspecified atom stereocenters. The third kappa shape index (κ3) is 3.93. The average molecular weight is 496 g/mol. The molecule has 7 rings (SSSR count). The van der Waals surface area contributed by atoms with Crippen LogP contribution in [0.5, 0.6) is 0 Å². The third-order valence-electron chi connectivity index (χ3n) is 6.89. The molecule has 2 atom stereocenters. The highest BCUT2D eigenvalue weighted by atomic mass is 32.1. The predicted octanol–water partition coefficient (Wildman–Crippen LogP) is 4.39. The van der Waals surface area contributed by atoms with E-state index in [1.165, 1.54) is 11.3 Å². The van der Waals surface area contributed by atoms with Crippen molar-refractivity contribution in [1.29, 1.82) is 0 Å². The third-order valence-corrected chi connectivity index (χ3v) is 7.69. The maximum atomic E-state index is 13.3. The highest BCUT2D eigenvalue weighted by Gasteiger charge is 2.49. The molecule has 9 nitrogen and oxygen atoms in total. The number of ether oxygens (including phenoxy) is 1. The summed E-state index contributed by atoms with van der Waals surface area (Å²) in [6.07, 6.45) is 4.50. The first-order valence-corrected chi connectivity index (χ1v) is 13.1. The Balaban J connectivity index is 1.32. The van der Waals surface area contributed by atoms with E-state index in [4.69, 9.17) is 14.1 Å². The number of carbonyl (C=O) groups excluding carboxylic acids is 2. The number of aromatic nitrogens is 2. The van der Waals surface area contributed by atoms with Crippen LogP contribution in [0.3, 0.4) is 0 Å². The van der Waals surface area contributed by atoms with Crippen LogP contribution in [0.15, 0.2) is 28.1 Å². The van der Waals surface area contributed by atoms with E-state index in [1.54, 1.807) is 6.20 Å². The second-order valence-corrected chi connectivity index (χ2v) is 11.4. The lowest BCUT2D eigenvalue weighted by molar-refractivity contribution is -0.0386. The number of hydrogen-bond donors (Lipinski definition) is 0. The number of hydrogen-bond acceptors (Lipinski definition) is 8. The lowest BCUT2D eigenvalue weighted by Crippen LogP contribution is -2.70. The number of piperidine rings is 1. The van der Waals surface area contributed by atoms with Gasteiger partial charge in [0.05, 0.1) is 23.2 Å². The van der Waals surface area contributed by atoms with Crippen molar-refractivity contribution in [2.75, 3.05) is 31.1 Å². The van der Waals surface area contributed by atoms with Crippen LogP contribution in [-0.2, 0) is 4.74 Å². The fourth-order valence-corrected chi connectivity index (χ4v) is 5.96. The lowest BCUT2D eigenvalue weighted by Gasteiger charge is -2.55. The Bertz CT molecular complexity index is 1260. The largest absolute Gasteiger partial charge is 0.444 e. The van der Waals surface area contributed by atoms with Crippen molar-refractivity contribution in [2.45, 2.75) is 57.7 Å². The van der Waals surface area contributed by atoms with E-state index in [9.17, 15) is 9.59 Å². The highest BCUT2D eigenvalue weighted by molar-refractivity contribution is 7.13. The van der Waals surface area contributed by atoms with E-state index >= 15 is 0 Å². The Morgan fingerprint density at radius 3 is 2.54 bits per heavy atom. The van der Waals surface area contributed by atoms with Crippen molar-refractivity contribution in [3.63, 3.8) is 0 Å². The van der Waals surface area contributed by atoms with E-state index in [0.29, 0.717) is 35.8 Å². The average Bonchev–Trinajstić information content (AvgIpc) is 3.58. The van der Waals surface area contributed by atoms with Gasteiger partial charge in [0.1, 0.15) is 16.1 Å². The van der Waals surface area contributed by atoms with E-state index in [2.05, 4.69) is 9.88 Å². The van der Waals surface area contributed by atoms with Gasteiger partial charge in [-0.05, 0) is 52.2 Å². The van der Waals surface area contributed by atoms with Crippen LogP contribution in [0.1, 0.15) is 50.4 Å². The van der Waals surface area contributed by atoms with Gasteiger partial charge in [0.2, 0.25) is 0 Å².